The molecule has 0 bridgehead atoms. The van der Waals surface area contributed by atoms with Crippen LogP contribution in [0.1, 0.15) is 65.2 Å². The van der Waals surface area contributed by atoms with Crippen LogP contribution in [0.4, 0.5) is 0 Å². The second-order valence-corrected chi connectivity index (χ2v) is 6.65. The lowest BCUT2D eigenvalue weighted by Crippen LogP contribution is -2.39. The molecule has 2 nitrogen and oxygen atoms in total. The summed E-state index contributed by atoms with van der Waals surface area (Å²) in [5.74, 6) is 0. The first kappa shape index (κ1) is 14.3. The second kappa shape index (κ2) is 6.91. The van der Waals surface area contributed by atoms with Gasteiger partial charge < -0.3 is 10.2 Å². The molecule has 1 saturated heterocycles. The molecular weight excluding hydrogens is 220 g/mol. The van der Waals surface area contributed by atoms with E-state index >= 15 is 0 Å². The molecule has 1 heterocycles. The minimum atomic E-state index is 0.695. The number of rotatable bonds is 6. The summed E-state index contributed by atoms with van der Waals surface area (Å²) in [6, 6.07) is 0.695. The Morgan fingerprint density at radius 3 is 2.39 bits per heavy atom. The van der Waals surface area contributed by atoms with Crippen LogP contribution >= 0.6 is 0 Å². The molecule has 1 aliphatic heterocycles. The van der Waals surface area contributed by atoms with Crippen LogP contribution in [0, 0.1) is 5.41 Å². The van der Waals surface area contributed by atoms with Gasteiger partial charge in [0.15, 0.2) is 0 Å². The fraction of sp³-hybridized carbons (Fsp3) is 1.00. The lowest BCUT2D eigenvalue weighted by molar-refractivity contribution is 0.107. The summed E-state index contributed by atoms with van der Waals surface area (Å²) in [6.07, 6.45) is 11.7. The molecule has 2 aliphatic rings. The van der Waals surface area contributed by atoms with Gasteiger partial charge in [-0.25, -0.2) is 0 Å². The van der Waals surface area contributed by atoms with Gasteiger partial charge in [0.2, 0.25) is 0 Å². The van der Waals surface area contributed by atoms with E-state index in [1.54, 1.807) is 0 Å². The van der Waals surface area contributed by atoms with Crippen LogP contribution in [0.3, 0.4) is 0 Å². The molecule has 2 heteroatoms. The smallest absolute Gasteiger partial charge is 0.00390 e. The first-order valence-electron chi connectivity index (χ1n) is 8.20. The van der Waals surface area contributed by atoms with Crippen molar-refractivity contribution in [3.05, 3.63) is 0 Å². The van der Waals surface area contributed by atoms with Crippen molar-refractivity contribution in [2.75, 3.05) is 26.2 Å². The Morgan fingerprint density at radius 1 is 1.11 bits per heavy atom. The third-order valence-electron chi connectivity index (χ3n) is 5.25. The molecule has 1 N–H and O–H groups in total. The van der Waals surface area contributed by atoms with Crippen LogP contribution in [0.5, 0.6) is 0 Å². The molecule has 0 aromatic rings. The third-order valence-corrected chi connectivity index (χ3v) is 5.25. The third kappa shape index (κ3) is 3.96. The Labute approximate surface area is 114 Å². The summed E-state index contributed by atoms with van der Waals surface area (Å²) in [4.78, 5) is 2.71. The fourth-order valence-corrected chi connectivity index (χ4v) is 3.95. The van der Waals surface area contributed by atoms with Gasteiger partial charge in [-0.3, -0.25) is 0 Å². The molecular formula is C16H32N2. The Balaban J connectivity index is 1.59. The molecule has 1 atom stereocenters. The summed E-state index contributed by atoms with van der Waals surface area (Å²) < 4.78 is 0. The van der Waals surface area contributed by atoms with Crippen LogP contribution in [-0.4, -0.2) is 37.1 Å². The van der Waals surface area contributed by atoms with E-state index < -0.39 is 0 Å². The number of nitrogens with zero attached hydrogens (tertiary/aromatic N) is 1. The van der Waals surface area contributed by atoms with Crippen molar-refractivity contribution in [3.8, 4) is 0 Å². The summed E-state index contributed by atoms with van der Waals surface area (Å²) in [7, 11) is 0. The van der Waals surface area contributed by atoms with E-state index in [0.29, 0.717) is 6.04 Å². The number of hydrogen-bond acceptors (Lipinski definition) is 2. The molecule has 1 saturated carbocycles. The van der Waals surface area contributed by atoms with Crippen LogP contribution < -0.4 is 5.32 Å². The van der Waals surface area contributed by atoms with Gasteiger partial charge in [-0.2, -0.15) is 0 Å². The van der Waals surface area contributed by atoms with Crippen molar-refractivity contribution in [1.82, 2.24) is 10.2 Å². The molecule has 18 heavy (non-hydrogen) atoms. The summed E-state index contributed by atoms with van der Waals surface area (Å²) in [6.45, 7) is 9.68. The maximum atomic E-state index is 3.50. The molecule has 1 unspecified atom stereocenters. The van der Waals surface area contributed by atoms with E-state index in [1.165, 1.54) is 71.0 Å². The van der Waals surface area contributed by atoms with E-state index in [4.69, 9.17) is 0 Å². The summed E-state index contributed by atoms with van der Waals surface area (Å²) in [5.41, 5.74) is 0.785. The van der Waals surface area contributed by atoms with Crippen molar-refractivity contribution in [2.45, 2.75) is 71.3 Å². The zero-order valence-electron chi connectivity index (χ0n) is 12.5. The van der Waals surface area contributed by atoms with Crippen molar-refractivity contribution in [1.29, 1.82) is 0 Å². The Morgan fingerprint density at radius 2 is 1.78 bits per heavy atom. The molecule has 0 radical (unpaired) electrons. The molecule has 1 spiro atoms. The highest BCUT2D eigenvalue weighted by molar-refractivity contribution is 4.89. The SMILES string of the molecule is CCNC(C)CCCN1CCC2(CCCC2)CC1. The molecule has 106 valence electrons. The maximum absolute atomic E-state index is 3.50. The Kier molecular flexibility index (Phi) is 5.50. The molecule has 0 aromatic carbocycles. The van der Waals surface area contributed by atoms with Gasteiger partial charge >= 0.3 is 0 Å². The lowest BCUT2D eigenvalue weighted by atomic mass is 9.77. The van der Waals surface area contributed by atoms with Crippen molar-refractivity contribution < 1.29 is 0 Å². The van der Waals surface area contributed by atoms with Gasteiger partial charge in [-0.15, -0.1) is 0 Å². The number of nitrogens with one attached hydrogen (secondary N) is 1. The van der Waals surface area contributed by atoms with Crippen molar-refractivity contribution >= 4 is 0 Å². The summed E-state index contributed by atoms with van der Waals surface area (Å²) >= 11 is 0. The molecule has 0 aromatic heterocycles. The van der Waals surface area contributed by atoms with E-state index in [0.717, 1.165) is 12.0 Å². The molecule has 0 amide bonds. The standard InChI is InChI=1S/C16H32N2/c1-3-17-15(2)7-6-12-18-13-10-16(11-14-18)8-4-5-9-16/h15,17H,3-14H2,1-2H3. The van der Waals surface area contributed by atoms with E-state index in [2.05, 4.69) is 24.1 Å². The van der Waals surface area contributed by atoms with Gasteiger partial charge in [-0.1, -0.05) is 19.8 Å². The molecule has 2 fully saturated rings. The highest BCUT2D eigenvalue weighted by Gasteiger charge is 2.36. The first-order valence-corrected chi connectivity index (χ1v) is 8.20. The number of likely N-dealkylation sites (tertiary alicyclic amines) is 1. The average Bonchev–Trinajstić information content (AvgIpc) is 2.81. The van der Waals surface area contributed by atoms with E-state index in [-0.39, 0.29) is 0 Å². The van der Waals surface area contributed by atoms with Gasteiger partial charge in [0.25, 0.3) is 0 Å². The van der Waals surface area contributed by atoms with Gasteiger partial charge in [0, 0.05) is 6.04 Å². The Hall–Kier alpha value is -0.0800. The van der Waals surface area contributed by atoms with Gasteiger partial charge in [-0.05, 0) is 77.0 Å². The minimum absolute atomic E-state index is 0.695. The number of piperidine rings is 1. The van der Waals surface area contributed by atoms with E-state index in [1.807, 2.05) is 0 Å². The normalized spacial score (nSPS) is 25.7. The molecule has 2 rings (SSSR count). The highest BCUT2D eigenvalue weighted by atomic mass is 15.1. The summed E-state index contributed by atoms with van der Waals surface area (Å²) in [5, 5.41) is 3.50. The predicted octanol–water partition coefficient (Wildman–Crippen LogP) is 3.42. The van der Waals surface area contributed by atoms with Crippen molar-refractivity contribution in [3.63, 3.8) is 0 Å². The van der Waals surface area contributed by atoms with Gasteiger partial charge in [0.1, 0.15) is 0 Å². The monoisotopic (exact) mass is 252 g/mol. The Bertz CT molecular complexity index is 223. The van der Waals surface area contributed by atoms with Crippen LogP contribution in [-0.2, 0) is 0 Å². The minimum Gasteiger partial charge on any atom is -0.315 e. The lowest BCUT2D eigenvalue weighted by Gasteiger charge is -2.39. The topological polar surface area (TPSA) is 15.3 Å². The van der Waals surface area contributed by atoms with Crippen LogP contribution in [0.2, 0.25) is 0 Å². The number of hydrogen-bond donors (Lipinski definition) is 1. The maximum Gasteiger partial charge on any atom is 0.00390 e. The second-order valence-electron chi connectivity index (χ2n) is 6.65. The van der Waals surface area contributed by atoms with Crippen molar-refractivity contribution in [2.24, 2.45) is 5.41 Å². The zero-order valence-corrected chi connectivity index (χ0v) is 12.5. The van der Waals surface area contributed by atoms with Gasteiger partial charge in [0.05, 0.1) is 0 Å². The fourth-order valence-electron chi connectivity index (χ4n) is 3.95. The largest absolute Gasteiger partial charge is 0.315 e. The average molecular weight is 252 g/mol. The molecule has 1 aliphatic carbocycles. The highest BCUT2D eigenvalue weighted by Crippen LogP contribution is 2.46. The van der Waals surface area contributed by atoms with Crippen LogP contribution in [0.15, 0.2) is 0 Å². The first-order chi connectivity index (χ1) is 8.74. The van der Waals surface area contributed by atoms with E-state index in [9.17, 15) is 0 Å². The predicted molar refractivity (Wildman–Crippen MR) is 78.9 cm³/mol. The quantitative estimate of drug-likeness (QED) is 0.779. The zero-order chi connectivity index (χ0) is 12.8. The van der Waals surface area contributed by atoms with Crippen LogP contribution in [0.25, 0.3) is 0 Å².